The van der Waals surface area contributed by atoms with E-state index in [2.05, 4.69) is 5.32 Å². The highest BCUT2D eigenvalue weighted by molar-refractivity contribution is 6.35. The van der Waals surface area contributed by atoms with E-state index >= 15 is 0 Å². The Morgan fingerprint density at radius 3 is 2.56 bits per heavy atom. The zero-order valence-electron chi connectivity index (χ0n) is 10.8. The number of carbonyl (C=O) groups is 1. The Balaban J connectivity index is 2.71. The average Bonchev–Trinajstić information content (AvgIpc) is 2.25. The summed E-state index contributed by atoms with van der Waals surface area (Å²) in [4.78, 5) is 11.2. The van der Waals surface area contributed by atoms with Gasteiger partial charge < -0.3 is 11.1 Å². The first-order valence-corrected chi connectivity index (χ1v) is 6.48. The van der Waals surface area contributed by atoms with E-state index in [0.717, 1.165) is 5.56 Å². The Bertz CT molecular complexity index is 447. The third-order valence-electron chi connectivity index (χ3n) is 2.95. The van der Waals surface area contributed by atoms with Crippen LogP contribution in [0.2, 0.25) is 10.0 Å². The molecule has 0 bridgehead atoms. The number of benzene rings is 1. The van der Waals surface area contributed by atoms with Crippen molar-refractivity contribution in [2.24, 2.45) is 11.1 Å². The predicted molar refractivity (Wildman–Crippen MR) is 75.9 cm³/mol. The van der Waals surface area contributed by atoms with Gasteiger partial charge in [0.1, 0.15) is 0 Å². The van der Waals surface area contributed by atoms with Crippen molar-refractivity contribution < 1.29 is 4.79 Å². The van der Waals surface area contributed by atoms with Gasteiger partial charge in [-0.1, -0.05) is 29.3 Å². The van der Waals surface area contributed by atoms with Crippen molar-refractivity contribution in [3.05, 3.63) is 33.8 Å². The second-order valence-corrected chi connectivity index (χ2v) is 5.86. The predicted octanol–water partition coefficient (Wildman–Crippen LogP) is 3.16. The van der Waals surface area contributed by atoms with Gasteiger partial charge in [0.2, 0.25) is 5.91 Å². The number of hydrogen-bond acceptors (Lipinski definition) is 2. The molecule has 1 rings (SSSR count). The summed E-state index contributed by atoms with van der Waals surface area (Å²) in [6.07, 6.45) is 0. The van der Waals surface area contributed by atoms with Crippen LogP contribution >= 0.6 is 23.2 Å². The molecule has 3 nitrogen and oxygen atoms in total. The van der Waals surface area contributed by atoms with Crippen LogP contribution < -0.4 is 11.1 Å². The zero-order valence-corrected chi connectivity index (χ0v) is 12.3. The monoisotopic (exact) mass is 288 g/mol. The van der Waals surface area contributed by atoms with Crippen molar-refractivity contribution in [3.8, 4) is 0 Å². The van der Waals surface area contributed by atoms with Crippen molar-refractivity contribution in [2.75, 3.05) is 6.54 Å². The van der Waals surface area contributed by atoms with Gasteiger partial charge in [0.15, 0.2) is 0 Å². The molecular weight excluding hydrogens is 271 g/mol. The summed E-state index contributed by atoms with van der Waals surface area (Å²) >= 11 is 12.0. The van der Waals surface area contributed by atoms with Crippen molar-refractivity contribution in [2.45, 2.75) is 26.8 Å². The molecule has 1 amide bonds. The first-order chi connectivity index (χ1) is 8.24. The lowest BCUT2D eigenvalue weighted by Crippen LogP contribution is -2.41. The Morgan fingerprint density at radius 2 is 2.06 bits per heavy atom. The Morgan fingerprint density at radius 1 is 1.44 bits per heavy atom. The molecule has 0 spiro atoms. The van der Waals surface area contributed by atoms with Crippen LogP contribution in [-0.2, 0) is 4.79 Å². The number of primary amides is 1. The molecule has 0 fully saturated rings. The summed E-state index contributed by atoms with van der Waals surface area (Å²) in [5.74, 6) is -0.329. The molecule has 0 heterocycles. The summed E-state index contributed by atoms with van der Waals surface area (Å²) in [6.45, 7) is 6.08. The maximum Gasteiger partial charge on any atom is 0.224 e. The number of nitrogens with one attached hydrogen (secondary N) is 1. The molecule has 18 heavy (non-hydrogen) atoms. The van der Waals surface area contributed by atoms with E-state index in [-0.39, 0.29) is 11.9 Å². The Hall–Kier alpha value is -0.770. The minimum atomic E-state index is -0.590. The van der Waals surface area contributed by atoms with E-state index in [1.54, 1.807) is 26.0 Å². The van der Waals surface area contributed by atoms with Gasteiger partial charge in [-0.15, -0.1) is 0 Å². The number of halogens is 2. The van der Waals surface area contributed by atoms with Gasteiger partial charge in [-0.05, 0) is 38.5 Å². The van der Waals surface area contributed by atoms with Crippen LogP contribution in [0.3, 0.4) is 0 Å². The van der Waals surface area contributed by atoms with Gasteiger partial charge in [0, 0.05) is 22.6 Å². The van der Waals surface area contributed by atoms with E-state index in [1.807, 2.05) is 13.0 Å². The molecule has 0 aliphatic heterocycles. The first kappa shape index (κ1) is 15.3. The van der Waals surface area contributed by atoms with Crippen LogP contribution in [0.15, 0.2) is 18.2 Å². The van der Waals surface area contributed by atoms with Crippen LogP contribution in [0.1, 0.15) is 32.4 Å². The zero-order chi connectivity index (χ0) is 13.9. The summed E-state index contributed by atoms with van der Waals surface area (Å²) in [7, 11) is 0. The lowest BCUT2D eigenvalue weighted by molar-refractivity contribution is -0.125. The molecule has 0 aliphatic carbocycles. The maximum absolute atomic E-state index is 11.2. The van der Waals surface area contributed by atoms with Crippen molar-refractivity contribution in [1.29, 1.82) is 0 Å². The van der Waals surface area contributed by atoms with E-state index in [1.165, 1.54) is 0 Å². The maximum atomic E-state index is 11.2. The lowest BCUT2D eigenvalue weighted by atomic mass is 9.92. The first-order valence-electron chi connectivity index (χ1n) is 5.72. The van der Waals surface area contributed by atoms with Gasteiger partial charge in [-0.2, -0.15) is 0 Å². The summed E-state index contributed by atoms with van der Waals surface area (Å²) in [5, 5.41) is 4.47. The van der Waals surface area contributed by atoms with Crippen LogP contribution in [0.25, 0.3) is 0 Å². The molecular formula is C13H18Cl2N2O. The van der Waals surface area contributed by atoms with E-state index in [4.69, 9.17) is 28.9 Å². The van der Waals surface area contributed by atoms with Crippen LogP contribution in [-0.4, -0.2) is 12.5 Å². The van der Waals surface area contributed by atoms with Gasteiger partial charge in [0.05, 0.1) is 5.41 Å². The molecule has 0 aliphatic rings. The minimum Gasteiger partial charge on any atom is -0.369 e. The molecule has 0 radical (unpaired) electrons. The van der Waals surface area contributed by atoms with Crippen molar-refractivity contribution in [1.82, 2.24) is 5.32 Å². The van der Waals surface area contributed by atoms with Crippen LogP contribution in [0.4, 0.5) is 0 Å². The molecule has 5 heteroatoms. The standard InChI is InChI=1S/C13H18Cl2N2O/c1-8(17-7-13(2,3)12(16)18)10-5-4-9(14)6-11(10)15/h4-6,8,17H,7H2,1-3H3,(H2,16,18). The highest BCUT2D eigenvalue weighted by Crippen LogP contribution is 2.26. The van der Waals surface area contributed by atoms with Gasteiger partial charge in [-0.3, -0.25) is 4.79 Å². The topological polar surface area (TPSA) is 55.1 Å². The van der Waals surface area contributed by atoms with Gasteiger partial charge in [0.25, 0.3) is 0 Å². The van der Waals surface area contributed by atoms with E-state index < -0.39 is 5.41 Å². The number of nitrogens with two attached hydrogens (primary N) is 1. The molecule has 1 unspecified atom stereocenters. The number of hydrogen-bond donors (Lipinski definition) is 2. The number of carbonyl (C=O) groups excluding carboxylic acids is 1. The lowest BCUT2D eigenvalue weighted by Gasteiger charge is -2.24. The van der Waals surface area contributed by atoms with Crippen molar-refractivity contribution >= 4 is 29.1 Å². The van der Waals surface area contributed by atoms with Gasteiger partial charge in [-0.25, -0.2) is 0 Å². The number of amides is 1. The van der Waals surface area contributed by atoms with E-state index in [9.17, 15) is 4.79 Å². The molecule has 1 atom stereocenters. The molecule has 0 saturated carbocycles. The third kappa shape index (κ3) is 3.87. The quantitative estimate of drug-likeness (QED) is 0.874. The molecule has 1 aromatic rings. The van der Waals surface area contributed by atoms with Crippen LogP contribution in [0, 0.1) is 5.41 Å². The fourth-order valence-electron chi connectivity index (χ4n) is 1.46. The molecule has 100 valence electrons. The third-order valence-corrected chi connectivity index (χ3v) is 3.51. The second kappa shape index (κ2) is 5.91. The molecule has 0 saturated heterocycles. The molecule has 3 N–H and O–H groups in total. The summed E-state index contributed by atoms with van der Waals surface area (Å²) in [6, 6.07) is 5.39. The molecule has 1 aromatic carbocycles. The molecule has 0 aromatic heterocycles. The Labute approximate surface area is 118 Å². The summed E-state index contributed by atoms with van der Waals surface area (Å²) < 4.78 is 0. The Kier molecular flexibility index (Phi) is 5.02. The van der Waals surface area contributed by atoms with Gasteiger partial charge >= 0.3 is 0 Å². The van der Waals surface area contributed by atoms with Crippen LogP contribution in [0.5, 0.6) is 0 Å². The fourth-order valence-corrected chi connectivity index (χ4v) is 2.03. The fraction of sp³-hybridized carbons (Fsp3) is 0.462. The SMILES string of the molecule is CC(NCC(C)(C)C(N)=O)c1ccc(Cl)cc1Cl. The average molecular weight is 289 g/mol. The number of rotatable bonds is 5. The van der Waals surface area contributed by atoms with E-state index in [0.29, 0.717) is 16.6 Å². The largest absolute Gasteiger partial charge is 0.369 e. The second-order valence-electron chi connectivity index (χ2n) is 5.02. The van der Waals surface area contributed by atoms with Crippen molar-refractivity contribution in [3.63, 3.8) is 0 Å². The summed E-state index contributed by atoms with van der Waals surface area (Å²) in [5.41, 5.74) is 5.68. The smallest absolute Gasteiger partial charge is 0.224 e. The minimum absolute atomic E-state index is 0.0217. The highest BCUT2D eigenvalue weighted by atomic mass is 35.5. The normalized spacial score (nSPS) is 13.4. The highest BCUT2D eigenvalue weighted by Gasteiger charge is 2.25.